The number of ether oxygens (including phenoxy) is 2. The van der Waals surface area contributed by atoms with Gasteiger partial charge in [-0.3, -0.25) is 4.79 Å². The molecule has 0 saturated heterocycles. The highest BCUT2D eigenvalue weighted by Gasteiger charge is 2.41. The molecule has 1 atom stereocenters. The molecular formula is C26H26F4N4O4S. The molecule has 4 rings (SSSR count). The number of aromatic nitrogens is 2. The Balaban J connectivity index is 1.78. The van der Waals surface area contributed by atoms with Crippen LogP contribution in [0.3, 0.4) is 0 Å². The van der Waals surface area contributed by atoms with E-state index in [1.807, 2.05) is 0 Å². The molecule has 39 heavy (non-hydrogen) atoms. The third-order valence-corrected chi connectivity index (χ3v) is 7.78. The Morgan fingerprint density at radius 2 is 1.82 bits per heavy atom. The van der Waals surface area contributed by atoms with Crippen molar-refractivity contribution in [2.75, 3.05) is 18.7 Å². The number of carbonyl (C=O) groups excluding carboxylic acids is 1. The van der Waals surface area contributed by atoms with E-state index in [9.17, 15) is 22.2 Å². The molecule has 1 fully saturated rings. The van der Waals surface area contributed by atoms with E-state index in [2.05, 4.69) is 15.5 Å². The van der Waals surface area contributed by atoms with Crippen LogP contribution in [-0.2, 0) is 21.6 Å². The van der Waals surface area contributed by atoms with Crippen LogP contribution in [0.25, 0.3) is 0 Å². The number of hydrogen-bond acceptors (Lipinski definition) is 7. The van der Waals surface area contributed by atoms with E-state index >= 15 is 4.39 Å². The number of nitrogens with one attached hydrogen (secondary N) is 2. The lowest BCUT2D eigenvalue weighted by molar-refractivity contribution is -0.142. The van der Waals surface area contributed by atoms with Crippen molar-refractivity contribution in [3.8, 4) is 17.4 Å². The lowest BCUT2D eigenvalue weighted by Crippen LogP contribution is -2.29. The van der Waals surface area contributed by atoms with E-state index in [-0.39, 0.29) is 22.1 Å². The third-order valence-electron chi connectivity index (χ3n) is 6.63. The van der Waals surface area contributed by atoms with Crippen LogP contribution in [0.4, 0.5) is 23.2 Å². The number of methoxy groups -OCH3 is 1. The van der Waals surface area contributed by atoms with Crippen molar-refractivity contribution in [1.82, 2.24) is 10.2 Å². The highest BCUT2D eigenvalue weighted by molar-refractivity contribution is 7.91. The Morgan fingerprint density at radius 1 is 1.13 bits per heavy atom. The minimum atomic E-state index is -4.91. The van der Waals surface area contributed by atoms with Gasteiger partial charge in [0.1, 0.15) is 11.2 Å². The van der Waals surface area contributed by atoms with Crippen molar-refractivity contribution >= 4 is 21.3 Å². The van der Waals surface area contributed by atoms with E-state index in [1.165, 1.54) is 49.8 Å². The molecule has 1 aliphatic rings. The summed E-state index contributed by atoms with van der Waals surface area (Å²) >= 11 is 0. The van der Waals surface area contributed by atoms with Gasteiger partial charge < -0.3 is 14.8 Å². The monoisotopic (exact) mass is 566 g/mol. The Morgan fingerprint density at radius 3 is 2.38 bits per heavy atom. The quantitative estimate of drug-likeness (QED) is 0.314. The van der Waals surface area contributed by atoms with E-state index in [1.54, 1.807) is 6.92 Å². The number of alkyl halides is 4. The first-order valence-electron chi connectivity index (χ1n) is 11.8. The largest absolute Gasteiger partial charge is 0.493 e. The summed E-state index contributed by atoms with van der Waals surface area (Å²) in [5, 5.41) is 9.28. The second-order valence-corrected chi connectivity index (χ2v) is 11.5. The van der Waals surface area contributed by atoms with E-state index < -0.39 is 50.2 Å². The van der Waals surface area contributed by atoms with Gasteiger partial charge in [0.2, 0.25) is 0 Å². The average Bonchev–Trinajstić information content (AvgIpc) is 2.82. The van der Waals surface area contributed by atoms with Gasteiger partial charge in [-0.15, -0.1) is 10.2 Å². The van der Waals surface area contributed by atoms with Crippen molar-refractivity contribution in [2.45, 2.75) is 49.9 Å². The van der Waals surface area contributed by atoms with Gasteiger partial charge in [-0.05, 0) is 68.5 Å². The van der Waals surface area contributed by atoms with Crippen LogP contribution >= 0.6 is 0 Å². The van der Waals surface area contributed by atoms with Crippen molar-refractivity contribution in [1.29, 1.82) is 4.78 Å². The smallest absolute Gasteiger partial charge is 0.435 e. The van der Waals surface area contributed by atoms with Crippen LogP contribution in [0.2, 0.25) is 0 Å². The molecule has 1 saturated carbocycles. The minimum absolute atomic E-state index is 0.00565. The molecule has 1 amide bonds. The predicted molar refractivity (Wildman–Crippen MR) is 136 cm³/mol. The van der Waals surface area contributed by atoms with Gasteiger partial charge in [0.15, 0.2) is 17.2 Å². The summed E-state index contributed by atoms with van der Waals surface area (Å²) in [5.74, 6) is -1.38. The molecule has 0 aliphatic heterocycles. The molecular weight excluding hydrogens is 540 g/mol. The highest BCUT2D eigenvalue weighted by atomic mass is 32.2. The van der Waals surface area contributed by atoms with Gasteiger partial charge in [-0.1, -0.05) is 12.1 Å². The fourth-order valence-corrected chi connectivity index (χ4v) is 5.15. The van der Waals surface area contributed by atoms with Gasteiger partial charge in [-0.25, -0.2) is 13.4 Å². The molecule has 1 unspecified atom stereocenters. The van der Waals surface area contributed by atoms with E-state index in [4.69, 9.17) is 14.3 Å². The normalized spacial score (nSPS) is 16.1. The zero-order valence-electron chi connectivity index (χ0n) is 21.5. The second kappa shape index (κ2) is 10.1. The Hall–Kier alpha value is -3.74. The summed E-state index contributed by atoms with van der Waals surface area (Å²) in [6, 6.07) is 8.54. The summed E-state index contributed by atoms with van der Waals surface area (Å²) < 4.78 is 87.2. The van der Waals surface area contributed by atoms with Crippen LogP contribution in [0.1, 0.15) is 52.0 Å². The first-order chi connectivity index (χ1) is 18.2. The SMILES string of the molecule is COc1c(Oc2nnc(C(F)(F)F)c(C)c2C(=O)Nc2cccc(S(C)(=N)=O)c2)ccc(C2(F)CCC2)c1C. The average molecular weight is 567 g/mol. The summed E-state index contributed by atoms with van der Waals surface area (Å²) in [6.07, 6.45) is -2.24. The summed E-state index contributed by atoms with van der Waals surface area (Å²) in [4.78, 5) is 13.4. The molecule has 1 aromatic heterocycles. The Labute approximate surface area is 222 Å². The maximum atomic E-state index is 15.2. The molecule has 0 spiro atoms. The highest BCUT2D eigenvalue weighted by Crippen LogP contribution is 2.49. The minimum Gasteiger partial charge on any atom is -0.493 e. The molecule has 1 aliphatic carbocycles. The standard InChI is InChI=1S/C26H26F4N4O4S/c1-14-18(25(27)11-6-12-25)9-10-19(21(14)37-3)38-24-20(15(2)22(33-34-24)26(28,29)30)23(35)32-16-7-5-8-17(13-16)39(4,31)36/h5,7-10,13,31H,6,11-12H2,1-4H3,(H,32,35). The molecule has 3 aromatic rings. The third kappa shape index (κ3) is 5.54. The Kier molecular flexibility index (Phi) is 7.32. The number of nitrogens with zero attached hydrogens (tertiary/aromatic N) is 2. The molecule has 13 heteroatoms. The predicted octanol–water partition coefficient (Wildman–Crippen LogP) is 6.55. The van der Waals surface area contributed by atoms with Gasteiger partial charge in [0.25, 0.3) is 11.8 Å². The lowest BCUT2D eigenvalue weighted by atomic mass is 9.75. The van der Waals surface area contributed by atoms with Gasteiger partial charge in [0, 0.05) is 22.4 Å². The molecule has 1 heterocycles. The topological polar surface area (TPSA) is 114 Å². The number of amides is 1. The van der Waals surface area contributed by atoms with Crippen LogP contribution in [0.15, 0.2) is 41.3 Å². The zero-order chi connectivity index (χ0) is 28.8. The molecule has 0 bridgehead atoms. The van der Waals surface area contributed by atoms with Crippen LogP contribution in [0.5, 0.6) is 17.4 Å². The summed E-state index contributed by atoms with van der Waals surface area (Å²) in [7, 11) is -1.78. The zero-order valence-corrected chi connectivity index (χ0v) is 22.3. The van der Waals surface area contributed by atoms with Gasteiger partial charge >= 0.3 is 6.18 Å². The second-order valence-electron chi connectivity index (χ2n) is 9.37. The Bertz CT molecular complexity index is 1550. The van der Waals surface area contributed by atoms with Crippen LogP contribution in [-0.4, -0.2) is 33.7 Å². The first kappa shape index (κ1) is 28.3. The maximum absolute atomic E-state index is 15.2. The number of carbonyl (C=O) groups is 1. The number of rotatable bonds is 7. The first-order valence-corrected chi connectivity index (χ1v) is 13.8. The number of anilines is 1. The van der Waals surface area contributed by atoms with Gasteiger partial charge in [0.05, 0.1) is 16.8 Å². The fraction of sp³-hybridized carbons (Fsp3) is 0.346. The maximum Gasteiger partial charge on any atom is 0.435 e. The summed E-state index contributed by atoms with van der Waals surface area (Å²) in [5.41, 5.74) is -2.98. The fourth-order valence-electron chi connectivity index (χ4n) is 4.46. The van der Waals surface area contributed by atoms with Crippen LogP contribution < -0.4 is 14.8 Å². The molecule has 8 nitrogen and oxygen atoms in total. The van der Waals surface area contributed by atoms with Crippen molar-refractivity contribution in [3.63, 3.8) is 0 Å². The number of halogens is 4. The summed E-state index contributed by atoms with van der Waals surface area (Å²) in [6.45, 7) is 2.70. The molecule has 208 valence electrons. The lowest BCUT2D eigenvalue weighted by Gasteiger charge is -2.35. The molecule has 2 N–H and O–H groups in total. The molecule has 0 radical (unpaired) electrons. The van der Waals surface area contributed by atoms with Gasteiger partial charge in [-0.2, -0.15) is 13.2 Å². The van der Waals surface area contributed by atoms with E-state index in [0.29, 0.717) is 24.0 Å². The van der Waals surface area contributed by atoms with Crippen molar-refractivity contribution in [2.24, 2.45) is 0 Å². The van der Waals surface area contributed by atoms with Crippen molar-refractivity contribution < 1.29 is 36.0 Å². The molecule has 2 aromatic carbocycles. The van der Waals surface area contributed by atoms with Crippen LogP contribution in [0, 0.1) is 18.6 Å². The van der Waals surface area contributed by atoms with Crippen molar-refractivity contribution in [3.05, 3.63) is 64.3 Å². The number of benzene rings is 2. The number of hydrogen-bond donors (Lipinski definition) is 2. The van der Waals surface area contributed by atoms with E-state index in [0.717, 1.165) is 13.3 Å².